The first-order valence-corrected chi connectivity index (χ1v) is 16.3. The summed E-state index contributed by atoms with van der Waals surface area (Å²) >= 11 is 0. The zero-order valence-electron chi connectivity index (χ0n) is 25.5. The molecule has 3 aromatic carbocycles. The van der Waals surface area contributed by atoms with Gasteiger partial charge in [0.2, 0.25) is 10.0 Å². The lowest BCUT2D eigenvalue weighted by Gasteiger charge is -2.32. The predicted octanol–water partition coefficient (Wildman–Crippen LogP) is 5.20. The first kappa shape index (κ1) is 31.7. The highest BCUT2D eigenvalue weighted by atomic mass is 32.2. The van der Waals surface area contributed by atoms with Gasteiger partial charge in [-0.3, -0.25) is 4.79 Å². The van der Waals surface area contributed by atoms with Gasteiger partial charge in [0.25, 0.3) is 5.91 Å². The Balaban J connectivity index is 1.52. The Morgan fingerprint density at radius 1 is 0.881 bits per heavy atom. The molecule has 0 radical (unpaired) electrons. The van der Waals surface area contributed by atoms with Gasteiger partial charge >= 0.3 is 0 Å². The van der Waals surface area contributed by atoms with Gasteiger partial charge < -0.3 is 15.0 Å². The van der Waals surface area contributed by atoms with E-state index in [9.17, 15) is 13.2 Å². The fourth-order valence-electron chi connectivity index (χ4n) is 5.61. The molecule has 226 valence electrons. The molecule has 1 N–H and O–H groups in total. The third-order valence-electron chi connectivity index (χ3n) is 7.92. The lowest BCUT2D eigenvalue weighted by Crippen LogP contribution is -2.43. The average Bonchev–Trinajstić information content (AvgIpc) is 3.39. The summed E-state index contributed by atoms with van der Waals surface area (Å²) in [6.07, 6.45) is 0. The van der Waals surface area contributed by atoms with E-state index in [1.54, 1.807) is 16.4 Å². The summed E-state index contributed by atoms with van der Waals surface area (Å²) in [6.45, 7) is 13.2. The van der Waals surface area contributed by atoms with E-state index >= 15 is 0 Å². The van der Waals surface area contributed by atoms with Crippen LogP contribution in [0.5, 0.6) is 5.75 Å². The number of carbonyl (C=O) groups is 1. The Morgan fingerprint density at radius 2 is 1.50 bits per heavy atom. The van der Waals surface area contributed by atoms with Gasteiger partial charge in [-0.15, -0.1) is 0 Å². The van der Waals surface area contributed by atoms with Crippen LogP contribution in [0.15, 0.2) is 77.7 Å². The molecule has 1 saturated heterocycles. The van der Waals surface area contributed by atoms with Crippen molar-refractivity contribution in [3.8, 4) is 5.75 Å². The van der Waals surface area contributed by atoms with Crippen LogP contribution >= 0.6 is 0 Å². The van der Waals surface area contributed by atoms with Crippen molar-refractivity contribution >= 4 is 15.9 Å². The van der Waals surface area contributed by atoms with Gasteiger partial charge in [0.05, 0.1) is 4.90 Å². The molecule has 8 heteroatoms. The van der Waals surface area contributed by atoms with E-state index in [-0.39, 0.29) is 30.3 Å². The van der Waals surface area contributed by atoms with Crippen molar-refractivity contribution in [3.05, 3.63) is 95.1 Å². The highest BCUT2D eigenvalue weighted by Crippen LogP contribution is 2.26. The Kier molecular flexibility index (Phi) is 10.8. The number of carbonyl (C=O) groups excluding carboxylic acids is 1. The Hall–Kier alpha value is -3.20. The molecule has 0 bridgehead atoms. The molecule has 0 aromatic heterocycles. The topological polar surface area (TPSA) is 79.0 Å². The zero-order chi connectivity index (χ0) is 30.3. The van der Waals surface area contributed by atoms with Crippen molar-refractivity contribution in [1.82, 2.24) is 14.5 Å². The maximum Gasteiger partial charge on any atom is 0.260 e. The highest BCUT2D eigenvalue weighted by molar-refractivity contribution is 7.89. The lowest BCUT2D eigenvalue weighted by molar-refractivity contribution is -0.134. The van der Waals surface area contributed by atoms with E-state index in [0.717, 1.165) is 34.5 Å². The summed E-state index contributed by atoms with van der Waals surface area (Å²) < 4.78 is 35.2. The summed E-state index contributed by atoms with van der Waals surface area (Å²) in [7, 11) is -3.66. The van der Waals surface area contributed by atoms with Crippen molar-refractivity contribution in [2.75, 3.05) is 39.3 Å². The van der Waals surface area contributed by atoms with E-state index in [0.29, 0.717) is 37.6 Å². The van der Waals surface area contributed by atoms with Gasteiger partial charge in [0.1, 0.15) is 5.75 Å². The summed E-state index contributed by atoms with van der Waals surface area (Å²) in [5.74, 6) is 1.00. The van der Waals surface area contributed by atoms with Crippen molar-refractivity contribution < 1.29 is 17.9 Å². The fraction of sp³-hybridized carbons (Fsp3) is 0.441. The molecule has 0 saturated carbocycles. The molecule has 2 atom stereocenters. The van der Waals surface area contributed by atoms with Gasteiger partial charge in [0, 0.05) is 32.7 Å². The molecule has 1 unspecified atom stereocenters. The van der Waals surface area contributed by atoms with E-state index < -0.39 is 10.0 Å². The number of nitrogens with one attached hydrogen (secondary N) is 1. The van der Waals surface area contributed by atoms with Crippen LogP contribution < -0.4 is 10.1 Å². The summed E-state index contributed by atoms with van der Waals surface area (Å²) in [6, 6.07) is 23.0. The number of para-hydroxylation sites is 1. The number of benzene rings is 3. The van der Waals surface area contributed by atoms with Gasteiger partial charge in [-0.2, -0.15) is 4.31 Å². The largest absolute Gasteiger partial charge is 0.483 e. The highest BCUT2D eigenvalue weighted by Gasteiger charge is 2.35. The minimum absolute atomic E-state index is 0.0510. The number of hydrogen-bond donors (Lipinski definition) is 1. The molecular formula is C34H45N3O4S. The Bertz CT molecular complexity index is 1400. The number of ether oxygens (including phenoxy) is 1. The number of amides is 1. The molecule has 1 amide bonds. The van der Waals surface area contributed by atoms with Crippen molar-refractivity contribution in [2.45, 2.75) is 46.1 Å². The maximum atomic E-state index is 13.7. The molecule has 3 aromatic rings. The molecule has 0 spiro atoms. The Labute approximate surface area is 251 Å². The molecule has 1 heterocycles. The van der Waals surface area contributed by atoms with Gasteiger partial charge in [-0.25, -0.2) is 8.42 Å². The SMILES string of the molecule is Cc1ccc(S(=O)(=O)N(CC(C)C)C[C@@H]2CNCC2CN(Cc2ccccc2)C(=O)COc2c(C)cccc2C)cc1. The molecule has 1 fully saturated rings. The monoisotopic (exact) mass is 591 g/mol. The average molecular weight is 592 g/mol. The van der Waals surface area contributed by atoms with Crippen molar-refractivity contribution in [1.29, 1.82) is 0 Å². The van der Waals surface area contributed by atoms with E-state index in [1.807, 2.05) is 100 Å². The second-order valence-electron chi connectivity index (χ2n) is 12.0. The number of nitrogens with zero attached hydrogens (tertiary/aromatic N) is 2. The number of rotatable bonds is 13. The van der Waals surface area contributed by atoms with Crippen LogP contribution in [0.3, 0.4) is 0 Å². The fourth-order valence-corrected chi connectivity index (χ4v) is 7.27. The quantitative estimate of drug-likeness (QED) is 0.296. The number of sulfonamides is 1. The lowest BCUT2D eigenvalue weighted by atomic mass is 9.94. The third-order valence-corrected chi connectivity index (χ3v) is 9.76. The minimum atomic E-state index is -3.66. The first-order chi connectivity index (χ1) is 20.0. The molecule has 1 aliphatic heterocycles. The normalized spacial score (nSPS) is 17.1. The van der Waals surface area contributed by atoms with Gasteiger partial charge in [-0.05, 0) is 73.9 Å². The second kappa shape index (κ2) is 14.3. The van der Waals surface area contributed by atoms with E-state index in [1.165, 1.54) is 0 Å². The van der Waals surface area contributed by atoms with Crippen LogP contribution in [0, 0.1) is 38.5 Å². The standard InChI is InChI=1S/C34H45N3O4S/c1-25(2)20-37(42(39,40)32-16-14-26(3)15-17-32)23-31-19-35-18-30(31)22-36(21-29-12-7-6-8-13-29)33(38)24-41-34-27(4)10-9-11-28(34)5/h6-17,25,30-31,35H,18-24H2,1-5H3/t30?,31-/m0/s1. The molecule has 4 rings (SSSR count). The third kappa shape index (κ3) is 8.21. The van der Waals surface area contributed by atoms with Crippen LogP contribution in [-0.4, -0.2) is 62.9 Å². The van der Waals surface area contributed by atoms with Crippen LogP contribution in [0.2, 0.25) is 0 Å². The number of hydrogen-bond acceptors (Lipinski definition) is 5. The van der Waals surface area contributed by atoms with Crippen molar-refractivity contribution in [2.24, 2.45) is 17.8 Å². The molecular weight excluding hydrogens is 546 g/mol. The molecule has 1 aliphatic rings. The smallest absolute Gasteiger partial charge is 0.260 e. The molecule has 42 heavy (non-hydrogen) atoms. The predicted molar refractivity (Wildman–Crippen MR) is 168 cm³/mol. The van der Waals surface area contributed by atoms with Crippen LogP contribution in [0.1, 0.15) is 36.1 Å². The summed E-state index contributed by atoms with van der Waals surface area (Å²) in [5, 5.41) is 3.47. The first-order valence-electron chi connectivity index (χ1n) is 14.8. The van der Waals surface area contributed by atoms with Crippen LogP contribution in [0.25, 0.3) is 0 Å². The van der Waals surface area contributed by atoms with E-state index in [2.05, 4.69) is 5.32 Å². The minimum Gasteiger partial charge on any atom is -0.483 e. The van der Waals surface area contributed by atoms with Crippen LogP contribution in [0.4, 0.5) is 0 Å². The van der Waals surface area contributed by atoms with Gasteiger partial charge in [-0.1, -0.05) is 80.1 Å². The van der Waals surface area contributed by atoms with Gasteiger partial charge in [0.15, 0.2) is 6.61 Å². The maximum absolute atomic E-state index is 13.7. The molecule has 0 aliphatic carbocycles. The zero-order valence-corrected chi connectivity index (χ0v) is 26.4. The second-order valence-corrected chi connectivity index (χ2v) is 13.9. The van der Waals surface area contributed by atoms with E-state index in [4.69, 9.17) is 4.74 Å². The molecule has 7 nitrogen and oxygen atoms in total. The Morgan fingerprint density at radius 3 is 2.12 bits per heavy atom. The van der Waals surface area contributed by atoms with Crippen LogP contribution in [-0.2, 0) is 21.4 Å². The summed E-state index contributed by atoms with van der Waals surface area (Å²) in [4.78, 5) is 15.8. The summed E-state index contributed by atoms with van der Waals surface area (Å²) in [5.41, 5.74) is 4.06. The van der Waals surface area contributed by atoms with Crippen molar-refractivity contribution in [3.63, 3.8) is 0 Å². The number of aryl methyl sites for hydroxylation is 3.